The van der Waals surface area contributed by atoms with Crippen LogP contribution in [0.4, 0.5) is 10.1 Å². The first-order valence-corrected chi connectivity index (χ1v) is 12.3. The van der Waals surface area contributed by atoms with Crippen molar-refractivity contribution in [2.45, 2.75) is 65.5 Å². The zero-order valence-corrected chi connectivity index (χ0v) is 20.7. The Hall–Kier alpha value is -2.87. The molecule has 1 aromatic heterocycles. The molecule has 34 heavy (non-hydrogen) atoms. The van der Waals surface area contributed by atoms with Crippen molar-refractivity contribution in [2.24, 2.45) is 0 Å². The highest BCUT2D eigenvalue weighted by Gasteiger charge is 2.33. The first kappa shape index (κ1) is 25.7. The second kappa shape index (κ2) is 12.0. The maximum absolute atomic E-state index is 14.1. The van der Waals surface area contributed by atoms with Gasteiger partial charge in [-0.2, -0.15) is 0 Å². The van der Waals surface area contributed by atoms with Crippen LogP contribution < -0.4 is 4.90 Å². The third-order valence-corrected chi connectivity index (χ3v) is 6.78. The summed E-state index contributed by atoms with van der Waals surface area (Å²) in [5.41, 5.74) is 1.72. The van der Waals surface area contributed by atoms with Gasteiger partial charge in [-0.25, -0.2) is 14.4 Å². The lowest BCUT2D eigenvalue weighted by atomic mass is 9.96. The normalized spacial score (nSPS) is 17.6. The van der Waals surface area contributed by atoms with E-state index in [0.717, 1.165) is 51.9 Å². The molecule has 0 unspecified atom stereocenters. The molecule has 0 aliphatic carbocycles. The molecule has 2 aromatic rings. The van der Waals surface area contributed by atoms with E-state index in [2.05, 4.69) is 14.9 Å². The van der Waals surface area contributed by atoms with Crippen LogP contribution in [0.5, 0.6) is 0 Å². The van der Waals surface area contributed by atoms with Gasteiger partial charge in [-0.1, -0.05) is 19.9 Å². The number of benzene rings is 1. The fourth-order valence-electron chi connectivity index (χ4n) is 5.02. The van der Waals surface area contributed by atoms with Crippen LogP contribution in [0.3, 0.4) is 0 Å². The smallest absolute Gasteiger partial charge is 0.256 e. The maximum Gasteiger partial charge on any atom is 0.256 e. The predicted molar refractivity (Wildman–Crippen MR) is 131 cm³/mol. The van der Waals surface area contributed by atoms with E-state index in [1.165, 1.54) is 12.4 Å². The summed E-state index contributed by atoms with van der Waals surface area (Å²) in [7, 11) is 0. The molecular weight excluding hydrogens is 433 g/mol. The number of hydrogen-bond acceptors (Lipinski definition) is 5. The van der Waals surface area contributed by atoms with E-state index >= 15 is 0 Å². The molecule has 2 saturated heterocycles. The van der Waals surface area contributed by atoms with Crippen LogP contribution in [0.1, 0.15) is 62.4 Å². The number of halogens is 1. The first-order chi connectivity index (χ1) is 16.5. The topological polar surface area (TPSA) is 69.6 Å². The van der Waals surface area contributed by atoms with Crippen LogP contribution in [0.15, 0.2) is 36.9 Å². The van der Waals surface area contributed by atoms with Crippen molar-refractivity contribution in [3.8, 4) is 0 Å². The molecule has 0 spiro atoms. The quantitative estimate of drug-likeness (QED) is 0.675. The minimum absolute atomic E-state index is 0.00896. The number of amides is 2. The van der Waals surface area contributed by atoms with Gasteiger partial charge in [-0.3, -0.25) is 9.59 Å². The fourth-order valence-corrected chi connectivity index (χ4v) is 5.02. The van der Waals surface area contributed by atoms with Crippen molar-refractivity contribution >= 4 is 17.5 Å². The molecule has 184 valence electrons. The van der Waals surface area contributed by atoms with E-state index in [4.69, 9.17) is 0 Å². The molecule has 2 amide bonds. The van der Waals surface area contributed by atoms with Gasteiger partial charge >= 0.3 is 0 Å². The van der Waals surface area contributed by atoms with E-state index in [1.807, 2.05) is 24.8 Å². The van der Waals surface area contributed by atoms with Gasteiger partial charge in [0.2, 0.25) is 5.91 Å². The fraction of sp³-hybridized carbons (Fsp3) is 0.538. The average Bonchev–Trinajstić information content (AvgIpc) is 2.88. The Labute approximate surface area is 202 Å². The molecule has 2 aliphatic heterocycles. The van der Waals surface area contributed by atoms with E-state index in [1.54, 1.807) is 37.2 Å². The maximum atomic E-state index is 14.1. The summed E-state index contributed by atoms with van der Waals surface area (Å²) < 4.78 is 14.1. The lowest BCUT2D eigenvalue weighted by Crippen LogP contribution is -2.52. The summed E-state index contributed by atoms with van der Waals surface area (Å²) >= 11 is 0. The van der Waals surface area contributed by atoms with E-state index in [-0.39, 0.29) is 23.7 Å². The molecule has 2 aliphatic rings. The molecule has 4 rings (SSSR count). The Morgan fingerprint density at radius 1 is 1.00 bits per heavy atom. The third kappa shape index (κ3) is 5.78. The van der Waals surface area contributed by atoms with Crippen LogP contribution in [-0.4, -0.2) is 69.8 Å². The van der Waals surface area contributed by atoms with Crippen LogP contribution >= 0.6 is 0 Å². The summed E-state index contributed by atoms with van der Waals surface area (Å²) in [5, 5.41) is 0. The predicted octanol–water partition coefficient (Wildman–Crippen LogP) is 4.07. The molecule has 7 nitrogen and oxygen atoms in total. The second-order valence-corrected chi connectivity index (χ2v) is 8.69. The van der Waals surface area contributed by atoms with Crippen LogP contribution in [0, 0.1) is 12.7 Å². The minimum Gasteiger partial charge on any atom is -0.338 e. The summed E-state index contributed by atoms with van der Waals surface area (Å²) in [5.74, 6) is -0.339. The van der Waals surface area contributed by atoms with Crippen molar-refractivity contribution in [1.29, 1.82) is 0 Å². The van der Waals surface area contributed by atoms with E-state index in [9.17, 15) is 14.0 Å². The summed E-state index contributed by atoms with van der Waals surface area (Å²) in [6.07, 6.45) is 8.13. The van der Waals surface area contributed by atoms with Crippen LogP contribution in [-0.2, 0) is 4.79 Å². The number of likely N-dealkylation sites (tertiary alicyclic amines) is 2. The largest absolute Gasteiger partial charge is 0.338 e. The zero-order chi connectivity index (χ0) is 24.7. The number of nitrogens with zero attached hydrogens (tertiary/aromatic N) is 5. The number of piperidine rings is 2. The van der Waals surface area contributed by atoms with Crippen molar-refractivity contribution in [3.05, 3.63) is 53.9 Å². The highest BCUT2D eigenvalue weighted by Crippen LogP contribution is 2.30. The van der Waals surface area contributed by atoms with Gasteiger partial charge in [0.15, 0.2) is 0 Å². The molecule has 0 atom stereocenters. The zero-order valence-electron chi connectivity index (χ0n) is 20.7. The van der Waals surface area contributed by atoms with Crippen molar-refractivity contribution < 1.29 is 14.0 Å². The Kier molecular flexibility index (Phi) is 9.10. The second-order valence-electron chi connectivity index (χ2n) is 8.69. The standard InChI is InChI=1S/C24H30FN5O2.C2H6/c1-17-22(25)4-3-5-23(17)30(18(2)31)21-8-10-28(11-9-21)20-6-12-29(13-7-20)24(32)19-14-26-16-27-15-19;1-2/h3-5,14-16,20-21H,6-13H2,1-2H3;1-2H3. The molecule has 0 bridgehead atoms. The Morgan fingerprint density at radius 2 is 1.62 bits per heavy atom. The molecule has 8 heteroatoms. The van der Waals surface area contributed by atoms with Gasteiger partial charge in [-0.05, 0) is 44.7 Å². The Balaban J connectivity index is 0.00000158. The molecule has 1 aromatic carbocycles. The SMILES string of the molecule is CC.CC(=O)N(c1cccc(F)c1C)C1CCN(C2CCN(C(=O)c3cncnc3)CC2)CC1. The number of carbonyl (C=O) groups excluding carboxylic acids is 2. The highest BCUT2D eigenvalue weighted by molar-refractivity contribution is 5.94. The van der Waals surface area contributed by atoms with Gasteiger partial charge in [0.05, 0.1) is 5.56 Å². The number of carbonyl (C=O) groups is 2. The summed E-state index contributed by atoms with van der Waals surface area (Å²) in [6.45, 7) is 10.5. The van der Waals surface area contributed by atoms with E-state index in [0.29, 0.717) is 22.9 Å². The van der Waals surface area contributed by atoms with E-state index < -0.39 is 0 Å². The number of anilines is 1. The van der Waals surface area contributed by atoms with Crippen LogP contribution in [0.2, 0.25) is 0 Å². The average molecular weight is 470 g/mol. The van der Waals surface area contributed by atoms with Crippen LogP contribution in [0.25, 0.3) is 0 Å². The molecule has 2 fully saturated rings. The highest BCUT2D eigenvalue weighted by atomic mass is 19.1. The molecule has 0 radical (unpaired) electrons. The first-order valence-electron chi connectivity index (χ1n) is 12.3. The lowest BCUT2D eigenvalue weighted by Gasteiger charge is -2.44. The lowest BCUT2D eigenvalue weighted by molar-refractivity contribution is -0.117. The molecule has 3 heterocycles. The monoisotopic (exact) mass is 469 g/mol. The van der Waals surface area contributed by atoms with Gasteiger partial charge < -0.3 is 14.7 Å². The number of aromatic nitrogens is 2. The van der Waals surface area contributed by atoms with Gasteiger partial charge in [0.25, 0.3) is 5.91 Å². The van der Waals surface area contributed by atoms with Gasteiger partial charge in [0, 0.05) is 68.8 Å². The van der Waals surface area contributed by atoms with Crippen molar-refractivity contribution in [1.82, 2.24) is 19.8 Å². The van der Waals surface area contributed by atoms with Crippen molar-refractivity contribution in [2.75, 3.05) is 31.1 Å². The number of rotatable bonds is 4. The van der Waals surface area contributed by atoms with Gasteiger partial charge in [-0.15, -0.1) is 0 Å². The van der Waals surface area contributed by atoms with Crippen molar-refractivity contribution in [3.63, 3.8) is 0 Å². The molecular formula is C26H36FN5O2. The summed E-state index contributed by atoms with van der Waals surface area (Å²) in [6, 6.07) is 5.44. The Morgan fingerprint density at radius 3 is 2.21 bits per heavy atom. The molecule has 0 saturated carbocycles. The third-order valence-electron chi connectivity index (χ3n) is 6.78. The molecule has 0 N–H and O–H groups in total. The van der Waals surface area contributed by atoms with Gasteiger partial charge in [0.1, 0.15) is 12.1 Å². The number of hydrogen-bond donors (Lipinski definition) is 0. The minimum atomic E-state index is -0.283. The summed E-state index contributed by atoms with van der Waals surface area (Å²) in [4.78, 5) is 39.1. The Bertz CT molecular complexity index is 955.